The lowest BCUT2D eigenvalue weighted by molar-refractivity contribution is -0.115. The van der Waals surface area contributed by atoms with Crippen LogP contribution in [-0.4, -0.2) is 33.7 Å². The van der Waals surface area contributed by atoms with Crippen LogP contribution in [-0.2, 0) is 16.8 Å². The number of nitrogens with zero attached hydrogens (tertiary/aromatic N) is 2. The summed E-state index contributed by atoms with van der Waals surface area (Å²) < 4.78 is 1.95. The summed E-state index contributed by atoms with van der Waals surface area (Å²) in [6, 6.07) is 7.50. The van der Waals surface area contributed by atoms with Crippen molar-refractivity contribution in [3.05, 3.63) is 58.7 Å². The number of Topliss-reactive ketones (excluding diaryl/α,β-unsaturated/α-hetero) is 1. The smallest absolute Gasteiger partial charge is 0.253 e. The van der Waals surface area contributed by atoms with Crippen molar-refractivity contribution in [3.63, 3.8) is 0 Å². The monoisotopic (exact) mass is 466 g/mol. The molecule has 174 valence electrons. The van der Waals surface area contributed by atoms with Gasteiger partial charge in [-0.25, -0.2) is 4.98 Å². The van der Waals surface area contributed by atoms with Gasteiger partial charge in [0.05, 0.1) is 17.8 Å². The highest BCUT2D eigenvalue weighted by atomic mass is 32.1. The topological polar surface area (TPSA) is 93.1 Å². The average Bonchev–Trinajstić information content (AvgIpc) is 3.42. The Morgan fingerprint density at radius 2 is 1.91 bits per heavy atom. The molecule has 0 spiro atoms. The summed E-state index contributed by atoms with van der Waals surface area (Å²) in [5, 5.41) is 7.63. The number of thiazole rings is 1. The molecule has 0 atom stereocenters. The number of anilines is 1. The van der Waals surface area contributed by atoms with Crippen molar-refractivity contribution in [2.45, 2.75) is 53.0 Å². The molecule has 33 heavy (non-hydrogen) atoms. The molecular weight excluding hydrogens is 436 g/mol. The first kappa shape index (κ1) is 24.4. The molecule has 7 nitrogen and oxygen atoms in total. The molecule has 0 saturated heterocycles. The van der Waals surface area contributed by atoms with E-state index in [-0.39, 0.29) is 29.7 Å². The molecule has 0 saturated carbocycles. The molecular formula is C25H30N4O3S. The number of carbonyl (C=O) groups is 3. The number of benzene rings is 1. The number of hydrogen-bond donors (Lipinski definition) is 2. The van der Waals surface area contributed by atoms with E-state index in [1.807, 2.05) is 55.1 Å². The molecule has 2 heterocycles. The molecule has 0 aliphatic carbocycles. The van der Waals surface area contributed by atoms with Crippen LogP contribution in [0.4, 0.5) is 5.13 Å². The fourth-order valence-corrected chi connectivity index (χ4v) is 4.12. The van der Waals surface area contributed by atoms with Gasteiger partial charge in [-0.1, -0.05) is 25.5 Å². The van der Waals surface area contributed by atoms with Crippen molar-refractivity contribution in [3.8, 4) is 11.3 Å². The first-order valence-corrected chi connectivity index (χ1v) is 11.8. The minimum atomic E-state index is -0.359. The van der Waals surface area contributed by atoms with Gasteiger partial charge in [-0.2, -0.15) is 0 Å². The summed E-state index contributed by atoms with van der Waals surface area (Å²) in [6.07, 6.45) is 5.42. The van der Waals surface area contributed by atoms with E-state index in [9.17, 15) is 14.4 Å². The van der Waals surface area contributed by atoms with Crippen molar-refractivity contribution in [2.24, 2.45) is 0 Å². The van der Waals surface area contributed by atoms with Crippen LogP contribution in [0, 0.1) is 0 Å². The maximum absolute atomic E-state index is 12.3. The van der Waals surface area contributed by atoms with E-state index in [2.05, 4.69) is 22.5 Å². The van der Waals surface area contributed by atoms with Crippen molar-refractivity contribution in [1.29, 1.82) is 0 Å². The van der Waals surface area contributed by atoms with Crippen LogP contribution < -0.4 is 10.6 Å². The molecule has 1 aromatic carbocycles. The zero-order valence-corrected chi connectivity index (χ0v) is 20.5. The third-order valence-electron chi connectivity index (χ3n) is 5.19. The molecule has 3 aromatic rings. The van der Waals surface area contributed by atoms with Crippen molar-refractivity contribution >= 4 is 34.1 Å². The van der Waals surface area contributed by atoms with Gasteiger partial charge < -0.3 is 15.2 Å². The number of hydrogen-bond acceptors (Lipinski definition) is 5. The number of amides is 2. The van der Waals surface area contributed by atoms with Gasteiger partial charge in [0.1, 0.15) is 0 Å². The van der Waals surface area contributed by atoms with Gasteiger partial charge in [-0.3, -0.25) is 14.4 Å². The lowest BCUT2D eigenvalue weighted by atomic mass is 9.97. The lowest BCUT2D eigenvalue weighted by Crippen LogP contribution is -2.32. The molecule has 0 aliphatic heterocycles. The van der Waals surface area contributed by atoms with E-state index >= 15 is 0 Å². The highest BCUT2D eigenvalue weighted by Gasteiger charge is 2.16. The summed E-state index contributed by atoms with van der Waals surface area (Å²) in [4.78, 5) is 41.2. The number of rotatable bonds is 8. The van der Waals surface area contributed by atoms with Crippen molar-refractivity contribution in [2.75, 3.05) is 11.9 Å². The van der Waals surface area contributed by atoms with E-state index in [1.54, 1.807) is 19.2 Å². The number of nitrogens with one attached hydrogen (secondary N) is 2. The predicted molar refractivity (Wildman–Crippen MR) is 132 cm³/mol. The van der Waals surface area contributed by atoms with E-state index in [4.69, 9.17) is 0 Å². The fourth-order valence-electron chi connectivity index (χ4n) is 3.39. The molecule has 0 unspecified atom stereocenters. The van der Waals surface area contributed by atoms with Crippen LogP contribution in [0.3, 0.4) is 0 Å². The Morgan fingerprint density at radius 1 is 1.15 bits per heavy atom. The van der Waals surface area contributed by atoms with Crippen molar-refractivity contribution in [1.82, 2.24) is 14.9 Å². The van der Waals surface area contributed by atoms with Gasteiger partial charge in [-0.05, 0) is 51.8 Å². The number of ketones is 1. The summed E-state index contributed by atoms with van der Waals surface area (Å²) in [5.74, 6) is -0.642. The Morgan fingerprint density at radius 3 is 2.55 bits per heavy atom. The molecule has 0 radical (unpaired) electrons. The fraction of sp³-hybridized carbons (Fsp3) is 0.360. The molecule has 0 bridgehead atoms. The minimum Gasteiger partial charge on any atom is -0.348 e. The van der Waals surface area contributed by atoms with E-state index in [0.717, 1.165) is 24.0 Å². The van der Waals surface area contributed by atoms with E-state index in [1.165, 1.54) is 11.3 Å². The van der Waals surface area contributed by atoms with Crippen LogP contribution in [0.25, 0.3) is 11.3 Å². The van der Waals surface area contributed by atoms with Crippen LogP contribution in [0.1, 0.15) is 67.3 Å². The highest BCUT2D eigenvalue weighted by molar-refractivity contribution is 7.14. The lowest BCUT2D eigenvalue weighted by Gasteiger charge is -2.20. The second-order valence-corrected chi connectivity index (χ2v) is 9.78. The Balaban J connectivity index is 1.61. The van der Waals surface area contributed by atoms with Crippen LogP contribution in [0.2, 0.25) is 0 Å². The van der Waals surface area contributed by atoms with Crippen LogP contribution in [0.15, 0.2) is 42.0 Å². The standard InChI is InChI=1S/C25H30N4O3S/c1-6-7-17-8-9-18(12-20(17)16(2)30)21-15-33-24(27-21)28-22(31)13-26-23(32)19-10-11-29(14-19)25(3,4)5/h8-12,14-15H,6-7,13H2,1-5H3,(H,26,32)(H,27,28,31). The van der Waals surface area contributed by atoms with Crippen LogP contribution >= 0.6 is 11.3 Å². The number of carbonyl (C=O) groups excluding carboxylic acids is 3. The SMILES string of the molecule is CCCc1ccc(-c2csc(NC(=O)CNC(=O)c3ccn(C(C)(C)C)c3)n2)cc1C(C)=O. The minimum absolute atomic E-state index is 0.0256. The molecule has 0 aliphatic rings. The van der Waals surface area contributed by atoms with Crippen molar-refractivity contribution < 1.29 is 14.4 Å². The summed E-state index contributed by atoms with van der Waals surface area (Å²) in [6.45, 7) is 9.63. The molecule has 2 aromatic heterocycles. The Labute approximate surface area is 198 Å². The van der Waals surface area contributed by atoms with E-state index < -0.39 is 0 Å². The molecule has 2 amide bonds. The second-order valence-electron chi connectivity index (χ2n) is 8.93. The maximum Gasteiger partial charge on any atom is 0.253 e. The van der Waals surface area contributed by atoms with Gasteiger partial charge in [-0.15, -0.1) is 11.3 Å². The van der Waals surface area contributed by atoms with E-state index in [0.29, 0.717) is 22.0 Å². The predicted octanol–water partition coefficient (Wildman–Crippen LogP) is 4.89. The molecule has 2 N–H and O–H groups in total. The Kier molecular flexibility index (Phi) is 7.48. The highest BCUT2D eigenvalue weighted by Crippen LogP contribution is 2.27. The normalized spacial score (nSPS) is 11.3. The second kappa shape index (κ2) is 10.1. The third-order valence-corrected chi connectivity index (χ3v) is 5.95. The third kappa shape index (κ3) is 6.16. The quantitative estimate of drug-likeness (QED) is 0.462. The largest absolute Gasteiger partial charge is 0.348 e. The number of aromatic nitrogens is 2. The summed E-state index contributed by atoms with van der Waals surface area (Å²) in [7, 11) is 0. The summed E-state index contributed by atoms with van der Waals surface area (Å²) >= 11 is 1.29. The molecule has 3 rings (SSSR count). The van der Waals surface area contributed by atoms with Gasteiger partial charge in [0.15, 0.2) is 10.9 Å². The van der Waals surface area contributed by atoms with Gasteiger partial charge in [0.25, 0.3) is 5.91 Å². The van der Waals surface area contributed by atoms with Gasteiger partial charge >= 0.3 is 0 Å². The zero-order chi connectivity index (χ0) is 24.2. The first-order valence-electron chi connectivity index (χ1n) is 10.9. The first-order chi connectivity index (χ1) is 15.6. The average molecular weight is 467 g/mol. The maximum atomic E-state index is 12.3. The molecule has 8 heteroatoms. The van der Waals surface area contributed by atoms with Gasteiger partial charge in [0.2, 0.25) is 5.91 Å². The zero-order valence-electron chi connectivity index (χ0n) is 19.7. The number of aryl methyl sites for hydroxylation is 1. The van der Waals surface area contributed by atoms with Crippen LogP contribution in [0.5, 0.6) is 0 Å². The Bertz CT molecular complexity index is 1170. The molecule has 0 fully saturated rings. The summed E-state index contributed by atoms with van der Waals surface area (Å²) in [5.41, 5.74) is 3.63. The Hall–Kier alpha value is -3.26. The van der Waals surface area contributed by atoms with Gasteiger partial charge in [0, 0.05) is 34.4 Å².